The molecule has 2 heterocycles. The lowest BCUT2D eigenvalue weighted by Gasteiger charge is -2.44. The molecule has 5 rings (SSSR count). The number of hydrogen-bond acceptors (Lipinski definition) is 7. The first kappa shape index (κ1) is 27.0. The molecule has 2 aliphatic rings. The van der Waals surface area contributed by atoms with Crippen molar-refractivity contribution in [2.45, 2.75) is 50.3 Å². The van der Waals surface area contributed by atoms with Gasteiger partial charge in [0.25, 0.3) is 0 Å². The number of esters is 1. The van der Waals surface area contributed by atoms with Crippen molar-refractivity contribution in [2.24, 2.45) is 5.92 Å². The molecule has 8 nitrogen and oxygen atoms in total. The third-order valence-corrected chi connectivity index (χ3v) is 7.07. The van der Waals surface area contributed by atoms with Crippen molar-refractivity contribution >= 4 is 11.9 Å². The molecule has 1 amide bonds. The summed E-state index contributed by atoms with van der Waals surface area (Å²) in [7, 11) is 1.27. The standard InChI is InChI=1S/C31H33NO7/c1-35-31(34)25-28-26(32-30(25)33)29(38-19-23-15-9-4-10-16-23)27(37-18-22-13-7-3-8-14-22)24(39-28)20-36-17-21-11-5-2-6-12-21/h2-16,24-29H,17-20H2,1H3,(H,32,33)/t24-,25-,26+,27+,28+,29-/m1/s1. The van der Waals surface area contributed by atoms with E-state index in [-0.39, 0.29) is 6.61 Å². The number of methoxy groups -OCH3 is 1. The average molecular weight is 532 g/mol. The van der Waals surface area contributed by atoms with Gasteiger partial charge in [-0.25, -0.2) is 0 Å². The minimum atomic E-state index is -1.10. The van der Waals surface area contributed by atoms with Crippen molar-refractivity contribution in [3.63, 3.8) is 0 Å². The summed E-state index contributed by atoms with van der Waals surface area (Å²) in [5.41, 5.74) is 3.00. The van der Waals surface area contributed by atoms with E-state index in [0.717, 1.165) is 16.7 Å². The van der Waals surface area contributed by atoms with Gasteiger partial charge in [0.15, 0.2) is 5.92 Å². The van der Waals surface area contributed by atoms with Gasteiger partial charge in [0.05, 0.1) is 39.6 Å². The maximum atomic E-state index is 12.9. The summed E-state index contributed by atoms with van der Waals surface area (Å²) in [5, 5.41) is 2.93. The van der Waals surface area contributed by atoms with E-state index in [1.54, 1.807) is 0 Å². The van der Waals surface area contributed by atoms with Crippen LogP contribution in [0.5, 0.6) is 0 Å². The number of amides is 1. The quantitative estimate of drug-likeness (QED) is 0.299. The van der Waals surface area contributed by atoms with Crippen molar-refractivity contribution in [3.05, 3.63) is 108 Å². The maximum absolute atomic E-state index is 12.9. The maximum Gasteiger partial charge on any atom is 0.321 e. The summed E-state index contributed by atoms with van der Waals surface area (Å²) < 4.78 is 30.3. The molecule has 1 N–H and O–H groups in total. The zero-order chi connectivity index (χ0) is 27.0. The Morgan fingerprint density at radius 3 is 1.82 bits per heavy atom. The summed E-state index contributed by atoms with van der Waals surface area (Å²) in [4.78, 5) is 25.5. The van der Waals surface area contributed by atoms with Gasteiger partial charge in [-0.3, -0.25) is 9.59 Å². The smallest absolute Gasteiger partial charge is 0.321 e. The van der Waals surface area contributed by atoms with Crippen molar-refractivity contribution in [3.8, 4) is 0 Å². The predicted octanol–water partition coefficient (Wildman–Crippen LogP) is 3.43. The van der Waals surface area contributed by atoms with Crippen LogP contribution in [0.1, 0.15) is 16.7 Å². The van der Waals surface area contributed by atoms with Gasteiger partial charge in [-0.1, -0.05) is 91.0 Å². The number of carbonyl (C=O) groups is 2. The van der Waals surface area contributed by atoms with Crippen molar-refractivity contribution in [2.75, 3.05) is 13.7 Å². The molecule has 0 radical (unpaired) electrons. The minimum Gasteiger partial charge on any atom is -0.468 e. The Hall–Kier alpha value is -3.56. The van der Waals surface area contributed by atoms with E-state index < -0.39 is 48.3 Å². The molecule has 0 aliphatic carbocycles. The summed E-state index contributed by atoms with van der Waals surface area (Å²) >= 11 is 0. The van der Waals surface area contributed by atoms with E-state index in [0.29, 0.717) is 19.8 Å². The van der Waals surface area contributed by atoms with Gasteiger partial charge < -0.3 is 29.0 Å². The largest absolute Gasteiger partial charge is 0.468 e. The number of rotatable bonds is 11. The molecule has 3 aromatic carbocycles. The highest BCUT2D eigenvalue weighted by Gasteiger charge is 2.58. The van der Waals surface area contributed by atoms with Crippen LogP contribution in [0.25, 0.3) is 0 Å². The molecule has 0 saturated carbocycles. The SMILES string of the molecule is COC(=O)[C@H]1C(=O)N[C@@H]2[C@@H](OCc3ccccc3)[C@@H](OCc3ccccc3)[C@@H](COCc3ccccc3)O[C@@H]12. The number of benzene rings is 3. The van der Waals surface area contributed by atoms with Crippen LogP contribution in [0.3, 0.4) is 0 Å². The second kappa shape index (κ2) is 13.0. The Kier molecular flexibility index (Phi) is 9.00. The van der Waals surface area contributed by atoms with Gasteiger partial charge in [0.1, 0.15) is 24.4 Å². The predicted molar refractivity (Wildman–Crippen MR) is 142 cm³/mol. The van der Waals surface area contributed by atoms with Crippen LogP contribution in [0, 0.1) is 5.92 Å². The van der Waals surface area contributed by atoms with Crippen LogP contribution in [0.2, 0.25) is 0 Å². The van der Waals surface area contributed by atoms with Crippen LogP contribution in [0.4, 0.5) is 0 Å². The Bertz CT molecular complexity index is 1210. The molecule has 6 atom stereocenters. The van der Waals surface area contributed by atoms with E-state index in [4.69, 9.17) is 23.7 Å². The second-order valence-electron chi connectivity index (χ2n) is 9.70. The Morgan fingerprint density at radius 1 is 0.769 bits per heavy atom. The van der Waals surface area contributed by atoms with E-state index in [2.05, 4.69) is 5.32 Å². The zero-order valence-electron chi connectivity index (χ0n) is 21.8. The summed E-state index contributed by atoms with van der Waals surface area (Å²) in [6, 6.07) is 28.8. The Labute approximate surface area is 228 Å². The van der Waals surface area contributed by atoms with Gasteiger partial charge >= 0.3 is 5.97 Å². The lowest BCUT2D eigenvalue weighted by Crippen LogP contribution is -2.62. The summed E-state index contributed by atoms with van der Waals surface area (Å²) in [5.74, 6) is -2.19. The van der Waals surface area contributed by atoms with E-state index >= 15 is 0 Å². The molecule has 204 valence electrons. The van der Waals surface area contributed by atoms with Gasteiger partial charge in [-0.2, -0.15) is 0 Å². The number of carbonyl (C=O) groups excluding carboxylic acids is 2. The van der Waals surface area contributed by atoms with E-state index in [9.17, 15) is 9.59 Å². The highest BCUT2D eigenvalue weighted by atomic mass is 16.6. The fraction of sp³-hybridized carbons (Fsp3) is 0.355. The minimum absolute atomic E-state index is 0.185. The molecule has 0 spiro atoms. The van der Waals surface area contributed by atoms with Crippen molar-refractivity contribution in [1.29, 1.82) is 0 Å². The van der Waals surface area contributed by atoms with Crippen molar-refractivity contribution < 1.29 is 33.3 Å². The Balaban J connectivity index is 1.41. The van der Waals surface area contributed by atoms with Crippen LogP contribution in [-0.4, -0.2) is 56.1 Å². The normalized spacial score (nSPS) is 26.0. The highest BCUT2D eigenvalue weighted by molar-refractivity contribution is 6.00. The molecule has 0 bridgehead atoms. The molecule has 39 heavy (non-hydrogen) atoms. The molecular weight excluding hydrogens is 498 g/mol. The van der Waals surface area contributed by atoms with Crippen LogP contribution in [0.15, 0.2) is 91.0 Å². The van der Waals surface area contributed by atoms with Crippen LogP contribution < -0.4 is 5.32 Å². The average Bonchev–Trinajstić information content (AvgIpc) is 3.31. The third-order valence-electron chi connectivity index (χ3n) is 7.07. The first-order chi connectivity index (χ1) is 19.1. The molecule has 2 fully saturated rings. The Morgan fingerprint density at radius 2 is 1.28 bits per heavy atom. The lowest BCUT2D eigenvalue weighted by molar-refractivity contribution is -0.231. The van der Waals surface area contributed by atoms with E-state index in [1.807, 2.05) is 91.0 Å². The highest BCUT2D eigenvalue weighted by Crippen LogP contribution is 2.35. The molecule has 8 heteroatoms. The molecule has 0 unspecified atom stereocenters. The van der Waals surface area contributed by atoms with E-state index in [1.165, 1.54) is 7.11 Å². The fourth-order valence-corrected chi connectivity index (χ4v) is 5.12. The molecule has 2 saturated heterocycles. The molecule has 2 aliphatic heterocycles. The van der Waals surface area contributed by atoms with Crippen LogP contribution in [-0.2, 0) is 53.1 Å². The number of ether oxygens (including phenoxy) is 5. The number of hydrogen-bond donors (Lipinski definition) is 1. The summed E-state index contributed by atoms with van der Waals surface area (Å²) in [6.45, 7) is 1.19. The number of nitrogens with one attached hydrogen (secondary N) is 1. The summed E-state index contributed by atoms with van der Waals surface area (Å²) in [6.07, 6.45) is -2.56. The fourth-order valence-electron chi connectivity index (χ4n) is 5.12. The van der Waals surface area contributed by atoms with Crippen molar-refractivity contribution in [1.82, 2.24) is 5.32 Å². The second-order valence-corrected chi connectivity index (χ2v) is 9.70. The topological polar surface area (TPSA) is 92.3 Å². The molecule has 3 aromatic rings. The van der Waals surface area contributed by atoms with Gasteiger partial charge in [-0.05, 0) is 16.7 Å². The first-order valence-corrected chi connectivity index (χ1v) is 13.1. The number of fused-ring (bicyclic) bond motifs is 1. The van der Waals surface area contributed by atoms with Gasteiger partial charge in [0.2, 0.25) is 5.91 Å². The van der Waals surface area contributed by atoms with Crippen LogP contribution >= 0.6 is 0 Å². The van der Waals surface area contributed by atoms with Gasteiger partial charge in [0, 0.05) is 0 Å². The monoisotopic (exact) mass is 531 g/mol. The van der Waals surface area contributed by atoms with Gasteiger partial charge in [-0.15, -0.1) is 0 Å². The molecule has 0 aromatic heterocycles. The third kappa shape index (κ3) is 6.54. The molecular formula is C31H33NO7. The zero-order valence-corrected chi connectivity index (χ0v) is 21.8. The first-order valence-electron chi connectivity index (χ1n) is 13.1. The lowest BCUT2D eigenvalue weighted by atomic mass is 9.89.